The molecule has 1 fully saturated rings. The van der Waals surface area contributed by atoms with Crippen LogP contribution in [-0.2, 0) is 10.0 Å². The molecule has 1 saturated carbocycles. The van der Waals surface area contributed by atoms with Crippen molar-refractivity contribution in [3.63, 3.8) is 0 Å². The smallest absolute Gasteiger partial charge is 0.240 e. The van der Waals surface area contributed by atoms with Crippen LogP contribution >= 0.6 is 0 Å². The van der Waals surface area contributed by atoms with Gasteiger partial charge in [0.15, 0.2) is 0 Å². The lowest BCUT2D eigenvalue weighted by molar-refractivity contribution is 0.297. The number of aliphatic hydroxyl groups excluding tert-OH is 1. The SMILES string of the molecule is O=S(=O)(NCCC1CCC1)c1ccc(C#CCO)cc1. The Morgan fingerprint density at radius 1 is 1.25 bits per heavy atom. The van der Waals surface area contributed by atoms with Crippen molar-refractivity contribution in [1.29, 1.82) is 0 Å². The van der Waals surface area contributed by atoms with E-state index in [9.17, 15) is 8.42 Å². The Morgan fingerprint density at radius 3 is 2.50 bits per heavy atom. The Labute approximate surface area is 120 Å². The van der Waals surface area contributed by atoms with Gasteiger partial charge in [-0.05, 0) is 36.6 Å². The average Bonchev–Trinajstić information content (AvgIpc) is 2.40. The topological polar surface area (TPSA) is 66.4 Å². The predicted molar refractivity (Wildman–Crippen MR) is 77.6 cm³/mol. The third-order valence-electron chi connectivity index (χ3n) is 3.55. The molecule has 0 radical (unpaired) electrons. The first-order valence-electron chi connectivity index (χ1n) is 6.81. The molecule has 4 nitrogen and oxygen atoms in total. The number of hydrogen-bond acceptors (Lipinski definition) is 3. The predicted octanol–water partition coefficient (Wildman–Crippen LogP) is 1.50. The van der Waals surface area contributed by atoms with Crippen LogP contribution in [0, 0.1) is 17.8 Å². The molecular formula is C15H19NO3S. The molecule has 2 rings (SSSR count). The highest BCUT2D eigenvalue weighted by atomic mass is 32.2. The molecular weight excluding hydrogens is 274 g/mol. The summed E-state index contributed by atoms with van der Waals surface area (Å²) in [6.45, 7) is 0.293. The van der Waals surface area contributed by atoms with E-state index in [1.807, 2.05) is 0 Å². The van der Waals surface area contributed by atoms with Crippen molar-refractivity contribution in [1.82, 2.24) is 4.72 Å². The molecule has 0 saturated heterocycles. The van der Waals surface area contributed by atoms with Crippen LogP contribution in [0.3, 0.4) is 0 Å². The molecule has 1 aliphatic rings. The Balaban J connectivity index is 1.93. The van der Waals surface area contributed by atoms with E-state index >= 15 is 0 Å². The van der Waals surface area contributed by atoms with Crippen molar-refractivity contribution < 1.29 is 13.5 Å². The Bertz CT molecular complexity index is 592. The molecule has 1 aliphatic carbocycles. The second-order valence-electron chi connectivity index (χ2n) is 4.97. The summed E-state index contributed by atoms with van der Waals surface area (Å²) in [5.41, 5.74) is 0.687. The van der Waals surface area contributed by atoms with Crippen LogP contribution in [0.1, 0.15) is 31.2 Å². The molecule has 5 heteroatoms. The molecule has 20 heavy (non-hydrogen) atoms. The highest BCUT2D eigenvalue weighted by Crippen LogP contribution is 2.28. The van der Waals surface area contributed by atoms with E-state index in [0.29, 0.717) is 18.0 Å². The van der Waals surface area contributed by atoms with Crippen molar-refractivity contribution >= 4 is 10.0 Å². The summed E-state index contributed by atoms with van der Waals surface area (Å²) in [5, 5.41) is 8.60. The quantitative estimate of drug-likeness (QED) is 0.809. The van der Waals surface area contributed by atoms with Gasteiger partial charge in [-0.2, -0.15) is 0 Å². The van der Waals surface area contributed by atoms with Crippen LogP contribution in [0.2, 0.25) is 0 Å². The Morgan fingerprint density at radius 2 is 1.95 bits per heavy atom. The summed E-state index contributed by atoms with van der Waals surface area (Å²) < 4.78 is 26.7. The lowest BCUT2D eigenvalue weighted by Gasteiger charge is -2.25. The van der Waals surface area contributed by atoms with Gasteiger partial charge >= 0.3 is 0 Å². The fourth-order valence-corrected chi connectivity index (χ4v) is 3.17. The lowest BCUT2D eigenvalue weighted by Crippen LogP contribution is -2.27. The minimum atomic E-state index is -3.42. The van der Waals surface area contributed by atoms with Crippen molar-refractivity contribution in [2.45, 2.75) is 30.6 Å². The molecule has 0 aromatic heterocycles. The van der Waals surface area contributed by atoms with Crippen molar-refractivity contribution in [2.75, 3.05) is 13.2 Å². The maximum Gasteiger partial charge on any atom is 0.240 e. The van der Waals surface area contributed by atoms with Crippen LogP contribution in [-0.4, -0.2) is 26.7 Å². The first kappa shape index (κ1) is 15.0. The zero-order valence-corrected chi connectivity index (χ0v) is 12.1. The monoisotopic (exact) mass is 293 g/mol. The minimum Gasteiger partial charge on any atom is -0.384 e. The van der Waals surface area contributed by atoms with E-state index in [2.05, 4.69) is 16.6 Å². The maximum atomic E-state index is 12.1. The summed E-state index contributed by atoms with van der Waals surface area (Å²) in [6.07, 6.45) is 4.63. The van der Waals surface area contributed by atoms with Crippen LogP contribution in [0.15, 0.2) is 29.2 Å². The molecule has 0 aliphatic heterocycles. The molecule has 0 spiro atoms. The van der Waals surface area contributed by atoms with E-state index in [0.717, 1.165) is 6.42 Å². The molecule has 0 amide bonds. The third-order valence-corrected chi connectivity index (χ3v) is 5.02. The van der Waals surface area contributed by atoms with Gasteiger partial charge in [0.2, 0.25) is 10.0 Å². The van der Waals surface area contributed by atoms with Crippen molar-refractivity contribution in [3.8, 4) is 11.8 Å². The molecule has 0 heterocycles. The summed E-state index contributed by atoms with van der Waals surface area (Å²) in [5.74, 6) is 5.94. The highest BCUT2D eigenvalue weighted by Gasteiger charge is 2.19. The van der Waals surface area contributed by atoms with Crippen LogP contribution in [0.4, 0.5) is 0 Å². The zero-order valence-electron chi connectivity index (χ0n) is 11.3. The fraction of sp³-hybridized carbons (Fsp3) is 0.467. The van der Waals surface area contributed by atoms with E-state index < -0.39 is 10.0 Å². The number of benzene rings is 1. The van der Waals surface area contributed by atoms with Gasteiger partial charge < -0.3 is 5.11 Å². The van der Waals surface area contributed by atoms with E-state index in [1.165, 1.54) is 31.4 Å². The summed E-state index contributed by atoms with van der Waals surface area (Å²) in [7, 11) is -3.42. The second-order valence-corrected chi connectivity index (χ2v) is 6.73. The third kappa shape index (κ3) is 4.07. The largest absolute Gasteiger partial charge is 0.384 e. The fourth-order valence-electron chi connectivity index (χ4n) is 2.12. The number of aliphatic hydroxyl groups is 1. The molecule has 0 unspecified atom stereocenters. The average molecular weight is 293 g/mol. The number of nitrogens with one attached hydrogen (secondary N) is 1. The molecule has 2 N–H and O–H groups in total. The lowest BCUT2D eigenvalue weighted by atomic mass is 9.83. The molecule has 1 aromatic rings. The van der Waals surface area contributed by atoms with Gasteiger partial charge in [-0.3, -0.25) is 0 Å². The van der Waals surface area contributed by atoms with E-state index in [-0.39, 0.29) is 11.5 Å². The number of rotatable bonds is 5. The second kappa shape index (κ2) is 6.89. The van der Waals surface area contributed by atoms with Gasteiger partial charge in [0, 0.05) is 12.1 Å². The van der Waals surface area contributed by atoms with Crippen LogP contribution < -0.4 is 4.72 Å². The summed E-state index contributed by atoms with van der Waals surface area (Å²) in [6, 6.07) is 6.35. The van der Waals surface area contributed by atoms with Gasteiger partial charge in [0.05, 0.1) is 4.90 Å². The van der Waals surface area contributed by atoms with Gasteiger partial charge in [-0.15, -0.1) is 0 Å². The Hall–Kier alpha value is -1.35. The van der Waals surface area contributed by atoms with Gasteiger partial charge in [0.1, 0.15) is 6.61 Å². The summed E-state index contributed by atoms with van der Waals surface area (Å²) >= 11 is 0. The Kier molecular flexibility index (Phi) is 5.18. The maximum absolute atomic E-state index is 12.1. The highest BCUT2D eigenvalue weighted by molar-refractivity contribution is 7.89. The zero-order chi connectivity index (χ0) is 14.4. The van der Waals surface area contributed by atoms with Gasteiger partial charge in [0.25, 0.3) is 0 Å². The first-order valence-corrected chi connectivity index (χ1v) is 8.29. The molecule has 108 valence electrons. The van der Waals surface area contributed by atoms with Crippen molar-refractivity contribution in [3.05, 3.63) is 29.8 Å². The normalized spacial score (nSPS) is 15.2. The van der Waals surface area contributed by atoms with Gasteiger partial charge in [-0.1, -0.05) is 31.1 Å². The molecule has 0 atom stereocenters. The summed E-state index contributed by atoms with van der Waals surface area (Å²) in [4.78, 5) is 0.251. The number of hydrogen-bond donors (Lipinski definition) is 2. The van der Waals surface area contributed by atoms with E-state index in [1.54, 1.807) is 12.1 Å². The first-order chi connectivity index (χ1) is 9.62. The molecule has 0 bridgehead atoms. The standard InChI is InChI=1S/C15H19NO3S/c17-12-2-5-14-6-8-15(9-7-14)20(18,19)16-11-10-13-3-1-4-13/h6-9,13,16-17H,1,3-4,10-12H2. The van der Waals surface area contributed by atoms with Gasteiger partial charge in [-0.25, -0.2) is 13.1 Å². The minimum absolute atomic E-state index is 0.206. The molecule has 1 aromatic carbocycles. The van der Waals surface area contributed by atoms with Crippen LogP contribution in [0.25, 0.3) is 0 Å². The van der Waals surface area contributed by atoms with E-state index in [4.69, 9.17) is 5.11 Å². The number of sulfonamides is 1. The van der Waals surface area contributed by atoms with Crippen LogP contribution in [0.5, 0.6) is 0 Å². The van der Waals surface area contributed by atoms with Crippen molar-refractivity contribution in [2.24, 2.45) is 5.92 Å².